The standard InChI is InChI=1S/C10H15NO/c1-2-3-4-7-10(12)9-6-5-8-11-9/h1,9,11H,3-8H2. The highest BCUT2D eigenvalue weighted by molar-refractivity contribution is 5.84. The molecule has 1 aliphatic heterocycles. The topological polar surface area (TPSA) is 29.1 Å². The molecule has 0 aliphatic carbocycles. The van der Waals surface area contributed by atoms with Gasteiger partial charge in [0, 0.05) is 12.8 Å². The maximum absolute atomic E-state index is 11.4. The third-order valence-electron chi connectivity index (χ3n) is 2.19. The second kappa shape index (κ2) is 4.95. The molecule has 1 N–H and O–H groups in total. The second-order valence-corrected chi connectivity index (χ2v) is 3.17. The molecule has 0 bridgehead atoms. The molecule has 12 heavy (non-hydrogen) atoms. The van der Waals surface area contributed by atoms with Gasteiger partial charge in [-0.15, -0.1) is 12.3 Å². The van der Waals surface area contributed by atoms with Crippen LogP contribution in [0.25, 0.3) is 0 Å². The fourth-order valence-electron chi connectivity index (χ4n) is 1.50. The lowest BCUT2D eigenvalue weighted by Crippen LogP contribution is -2.30. The fraction of sp³-hybridized carbons (Fsp3) is 0.700. The summed E-state index contributed by atoms with van der Waals surface area (Å²) in [5, 5.41) is 3.18. The van der Waals surface area contributed by atoms with E-state index in [4.69, 9.17) is 6.42 Å². The number of nitrogens with one attached hydrogen (secondary N) is 1. The molecule has 1 atom stereocenters. The van der Waals surface area contributed by atoms with E-state index < -0.39 is 0 Å². The Kier molecular flexibility index (Phi) is 3.83. The Bertz CT molecular complexity index is 187. The van der Waals surface area contributed by atoms with E-state index in [-0.39, 0.29) is 6.04 Å². The van der Waals surface area contributed by atoms with E-state index in [1.54, 1.807) is 0 Å². The molecule has 66 valence electrons. The van der Waals surface area contributed by atoms with Crippen molar-refractivity contribution in [1.29, 1.82) is 0 Å². The molecule has 2 heteroatoms. The average Bonchev–Trinajstić information content (AvgIpc) is 2.56. The largest absolute Gasteiger partial charge is 0.307 e. The quantitative estimate of drug-likeness (QED) is 0.499. The molecule has 0 radical (unpaired) electrons. The van der Waals surface area contributed by atoms with Crippen molar-refractivity contribution in [3.05, 3.63) is 0 Å². The van der Waals surface area contributed by atoms with E-state index in [2.05, 4.69) is 11.2 Å². The van der Waals surface area contributed by atoms with Crippen LogP contribution in [0.4, 0.5) is 0 Å². The summed E-state index contributed by atoms with van der Waals surface area (Å²) in [7, 11) is 0. The minimum absolute atomic E-state index is 0.128. The van der Waals surface area contributed by atoms with E-state index in [0.717, 1.165) is 32.2 Å². The molecule has 0 saturated carbocycles. The van der Waals surface area contributed by atoms with E-state index >= 15 is 0 Å². The van der Waals surface area contributed by atoms with E-state index in [0.29, 0.717) is 12.2 Å². The monoisotopic (exact) mass is 165 g/mol. The molecule has 1 aliphatic rings. The van der Waals surface area contributed by atoms with Crippen LogP contribution in [0.1, 0.15) is 32.1 Å². The molecule has 0 aromatic heterocycles. The van der Waals surface area contributed by atoms with Crippen LogP contribution < -0.4 is 5.32 Å². The predicted molar refractivity (Wildman–Crippen MR) is 48.7 cm³/mol. The fourth-order valence-corrected chi connectivity index (χ4v) is 1.50. The highest BCUT2D eigenvalue weighted by Gasteiger charge is 2.20. The molecular formula is C10H15NO. The van der Waals surface area contributed by atoms with E-state index in [1.165, 1.54) is 0 Å². The first kappa shape index (κ1) is 9.28. The zero-order valence-electron chi connectivity index (χ0n) is 7.31. The predicted octanol–water partition coefficient (Wildman–Crippen LogP) is 1.11. The second-order valence-electron chi connectivity index (χ2n) is 3.17. The van der Waals surface area contributed by atoms with Crippen molar-refractivity contribution in [1.82, 2.24) is 5.32 Å². The summed E-state index contributed by atoms with van der Waals surface area (Å²) in [6, 6.07) is 0.128. The number of unbranched alkanes of at least 4 members (excludes halogenated alkanes) is 1. The van der Waals surface area contributed by atoms with Crippen LogP contribution in [0.2, 0.25) is 0 Å². The number of Topliss-reactive ketones (excluding diaryl/α,β-unsaturated/α-hetero) is 1. The molecule has 1 rings (SSSR count). The summed E-state index contributed by atoms with van der Waals surface area (Å²) < 4.78 is 0. The molecule has 2 nitrogen and oxygen atoms in total. The summed E-state index contributed by atoms with van der Waals surface area (Å²) in [6.07, 6.45) is 9.43. The number of carbonyl (C=O) groups excluding carboxylic acids is 1. The van der Waals surface area contributed by atoms with Crippen LogP contribution in [0.5, 0.6) is 0 Å². The first-order chi connectivity index (χ1) is 5.84. The lowest BCUT2D eigenvalue weighted by atomic mass is 10.1. The van der Waals surface area contributed by atoms with E-state index in [9.17, 15) is 4.79 Å². The lowest BCUT2D eigenvalue weighted by Gasteiger charge is -2.06. The normalized spacial score (nSPS) is 22.1. The van der Waals surface area contributed by atoms with Gasteiger partial charge in [0.15, 0.2) is 0 Å². The van der Waals surface area contributed by atoms with Gasteiger partial charge in [-0.1, -0.05) is 0 Å². The van der Waals surface area contributed by atoms with Crippen molar-refractivity contribution in [3.63, 3.8) is 0 Å². The summed E-state index contributed by atoms with van der Waals surface area (Å²) in [6.45, 7) is 0.992. The third kappa shape index (κ3) is 2.67. The summed E-state index contributed by atoms with van der Waals surface area (Å²) in [4.78, 5) is 11.4. The van der Waals surface area contributed by atoms with Gasteiger partial charge in [0.25, 0.3) is 0 Å². The molecule has 0 amide bonds. The highest BCUT2D eigenvalue weighted by Crippen LogP contribution is 2.09. The molecule has 1 unspecified atom stereocenters. The van der Waals surface area contributed by atoms with Crippen LogP contribution in [-0.2, 0) is 4.79 Å². The van der Waals surface area contributed by atoms with Crippen LogP contribution in [0.3, 0.4) is 0 Å². The van der Waals surface area contributed by atoms with Gasteiger partial charge in [-0.3, -0.25) is 4.79 Å². The smallest absolute Gasteiger partial charge is 0.149 e. The van der Waals surface area contributed by atoms with Gasteiger partial charge in [0.1, 0.15) is 5.78 Å². The molecule has 0 aromatic carbocycles. The first-order valence-corrected chi connectivity index (χ1v) is 4.54. The summed E-state index contributed by atoms with van der Waals surface area (Å²) in [5.41, 5.74) is 0. The number of terminal acetylenes is 1. The van der Waals surface area contributed by atoms with Gasteiger partial charge >= 0.3 is 0 Å². The van der Waals surface area contributed by atoms with E-state index in [1.807, 2.05) is 0 Å². The maximum atomic E-state index is 11.4. The number of ketones is 1. The van der Waals surface area contributed by atoms with Crippen LogP contribution in [0.15, 0.2) is 0 Å². The highest BCUT2D eigenvalue weighted by atomic mass is 16.1. The Balaban J connectivity index is 2.15. The molecule has 1 fully saturated rings. The van der Waals surface area contributed by atoms with Crippen molar-refractivity contribution in [2.45, 2.75) is 38.1 Å². The zero-order chi connectivity index (χ0) is 8.81. The number of hydrogen-bond acceptors (Lipinski definition) is 2. The van der Waals surface area contributed by atoms with Crippen molar-refractivity contribution in [2.24, 2.45) is 0 Å². The van der Waals surface area contributed by atoms with Crippen LogP contribution in [-0.4, -0.2) is 18.4 Å². The Hall–Kier alpha value is -0.810. The zero-order valence-corrected chi connectivity index (χ0v) is 7.31. The van der Waals surface area contributed by atoms with Gasteiger partial charge in [-0.05, 0) is 25.8 Å². The Morgan fingerprint density at radius 2 is 2.50 bits per heavy atom. The van der Waals surface area contributed by atoms with Crippen molar-refractivity contribution in [2.75, 3.05) is 6.54 Å². The molecule has 1 saturated heterocycles. The first-order valence-electron chi connectivity index (χ1n) is 4.54. The number of hydrogen-bond donors (Lipinski definition) is 1. The average molecular weight is 165 g/mol. The SMILES string of the molecule is C#CCCCC(=O)C1CCCN1. The Labute approximate surface area is 73.7 Å². The van der Waals surface area contributed by atoms with Crippen molar-refractivity contribution in [3.8, 4) is 12.3 Å². The Morgan fingerprint density at radius 3 is 3.08 bits per heavy atom. The summed E-state index contributed by atoms with van der Waals surface area (Å²) >= 11 is 0. The molecule has 0 spiro atoms. The van der Waals surface area contributed by atoms with Gasteiger partial charge in [-0.2, -0.15) is 0 Å². The molecule has 1 heterocycles. The minimum Gasteiger partial charge on any atom is -0.307 e. The van der Waals surface area contributed by atoms with Crippen molar-refractivity contribution >= 4 is 5.78 Å². The summed E-state index contributed by atoms with van der Waals surface area (Å²) in [5.74, 6) is 2.88. The van der Waals surface area contributed by atoms with Gasteiger partial charge < -0.3 is 5.32 Å². The van der Waals surface area contributed by atoms with Gasteiger partial charge in [0.05, 0.1) is 6.04 Å². The van der Waals surface area contributed by atoms with Gasteiger partial charge in [0.2, 0.25) is 0 Å². The van der Waals surface area contributed by atoms with Crippen LogP contribution >= 0.6 is 0 Å². The van der Waals surface area contributed by atoms with Gasteiger partial charge in [-0.25, -0.2) is 0 Å². The Morgan fingerprint density at radius 1 is 1.67 bits per heavy atom. The van der Waals surface area contributed by atoms with Crippen LogP contribution in [0, 0.1) is 12.3 Å². The number of rotatable bonds is 4. The number of carbonyl (C=O) groups is 1. The third-order valence-corrected chi connectivity index (χ3v) is 2.19. The maximum Gasteiger partial charge on any atom is 0.149 e. The lowest BCUT2D eigenvalue weighted by molar-refractivity contribution is -0.120. The molecular weight excluding hydrogens is 150 g/mol. The molecule has 0 aromatic rings. The van der Waals surface area contributed by atoms with Crippen molar-refractivity contribution < 1.29 is 4.79 Å². The minimum atomic E-state index is 0.128.